The Morgan fingerprint density at radius 2 is 2.22 bits per heavy atom. The van der Waals surface area contributed by atoms with Crippen LogP contribution in [0.2, 0.25) is 0 Å². The molecular formula is C15H19NO2. The van der Waals surface area contributed by atoms with Crippen LogP contribution in [0.15, 0.2) is 28.9 Å². The molecular weight excluding hydrogens is 226 g/mol. The van der Waals surface area contributed by atoms with Gasteiger partial charge in [-0.15, -0.1) is 0 Å². The number of carbonyl (C=O) groups excluding carboxylic acids is 1. The molecule has 1 amide bonds. The molecule has 18 heavy (non-hydrogen) atoms. The highest BCUT2D eigenvalue weighted by atomic mass is 16.3. The lowest BCUT2D eigenvalue weighted by Crippen LogP contribution is -2.38. The van der Waals surface area contributed by atoms with E-state index in [1.54, 1.807) is 18.4 Å². The summed E-state index contributed by atoms with van der Waals surface area (Å²) in [5, 5.41) is 0. The van der Waals surface area contributed by atoms with Crippen LogP contribution >= 0.6 is 0 Å². The second kappa shape index (κ2) is 5.01. The number of rotatable bonds is 2. The van der Waals surface area contributed by atoms with Crippen LogP contribution < -0.4 is 0 Å². The Bertz CT molecular complexity index is 435. The quantitative estimate of drug-likeness (QED) is 0.750. The highest BCUT2D eigenvalue weighted by molar-refractivity contribution is 5.91. The molecule has 96 valence electrons. The van der Waals surface area contributed by atoms with E-state index in [0.29, 0.717) is 6.04 Å². The third-order valence-electron chi connectivity index (χ3n) is 4.23. The zero-order chi connectivity index (χ0) is 12.4. The van der Waals surface area contributed by atoms with Crippen molar-refractivity contribution >= 4 is 12.0 Å². The SMILES string of the molecule is O=C(/C=C/c1ccco1)N1CCC2CCCCC21. The van der Waals surface area contributed by atoms with Crippen LogP contribution in [0.4, 0.5) is 0 Å². The number of fused-ring (bicyclic) bond motifs is 1. The zero-order valence-corrected chi connectivity index (χ0v) is 10.5. The lowest BCUT2D eigenvalue weighted by atomic mass is 9.85. The summed E-state index contributed by atoms with van der Waals surface area (Å²) in [6.45, 7) is 0.927. The van der Waals surface area contributed by atoms with Crippen LogP contribution in [0.1, 0.15) is 37.9 Å². The molecule has 0 N–H and O–H groups in total. The van der Waals surface area contributed by atoms with Crippen LogP contribution in [0.5, 0.6) is 0 Å². The van der Waals surface area contributed by atoms with Gasteiger partial charge in [0.1, 0.15) is 5.76 Å². The first kappa shape index (κ1) is 11.6. The summed E-state index contributed by atoms with van der Waals surface area (Å²) in [6, 6.07) is 4.18. The molecule has 1 saturated heterocycles. The molecule has 1 aromatic rings. The van der Waals surface area contributed by atoms with E-state index in [9.17, 15) is 4.79 Å². The first-order valence-electron chi connectivity index (χ1n) is 6.87. The van der Waals surface area contributed by atoms with Crippen molar-refractivity contribution in [2.75, 3.05) is 6.54 Å². The minimum absolute atomic E-state index is 0.140. The van der Waals surface area contributed by atoms with Crippen LogP contribution in [0.3, 0.4) is 0 Å². The van der Waals surface area contributed by atoms with Crippen molar-refractivity contribution in [1.82, 2.24) is 4.90 Å². The molecule has 3 nitrogen and oxygen atoms in total. The molecule has 0 bridgehead atoms. The Morgan fingerprint density at radius 3 is 3.06 bits per heavy atom. The second-order valence-electron chi connectivity index (χ2n) is 5.28. The number of likely N-dealkylation sites (tertiary alicyclic amines) is 1. The highest BCUT2D eigenvalue weighted by Gasteiger charge is 2.37. The van der Waals surface area contributed by atoms with E-state index in [4.69, 9.17) is 4.42 Å². The molecule has 0 aromatic carbocycles. The minimum atomic E-state index is 0.140. The lowest BCUT2D eigenvalue weighted by molar-refractivity contribution is -0.127. The second-order valence-corrected chi connectivity index (χ2v) is 5.28. The van der Waals surface area contributed by atoms with E-state index in [2.05, 4.69) is 4.90 Å². The molecule has 1 aromatic heterocycles. The summed E-state index contributed by atoms with van der Waals surface area (Å²) < 4.78 is 5.20. The third-order valence-corrected chi connectivity index (χ3v) is 4.23. The van der Waals surface area contributed by atoms with E-state index in [1.165, 1.54) is 32.1 Å². The van der Waals surface area contributed by atoms with Gasteiger partial charge in [0.2, 0.25) is 5.91 Å². The molecule has 2 atom stereocenters. The fraction of sp³-hybridized carbons (Fsp3) is 0.533. The standard InChI is InChI=1S/C15H19NO2/c17-15(8-7-13-5-3-11-18-13)16-10-9-12-4-1-2-6-14(12)16/h3,5,7-8,11-12,14H,1-2,4,6,9-10H2/b8-7+. The van der Waals surface area contributed by atoms with Crippen molar-refractivity contribution in [3.05, 3.63) is 30.2 Å². The van der Waals surface area contributed by atoms with E-state index in [1.807, 2.05) is 12.1 Å². The summed E-state index contributed by atoms with van der Waals surface area (Å²) in [6.07, 6.45) is 11.3. The Morgan fingerprint density at radius 1 is 1.33 bits per heavy atom. The van der Waals surface area contributed by atoms with Crippen molar-refractivity contribution in [1.29, 1.82) is 0 Å². The van der Waals surface area contributed by atoms with Gasteiger partial charge in [-0.05, 0) is 43.4 Å². The maximum atomic E-state index is 12.2. The van der Waals surface area contributed by atoms with Gasteiger partial charge in [-0.2, -0.15) is 0 Å². The van der Waals surface area contributed by atoms with E-state index in [0.717, 1.165) is 18.2 Å². The molecule has 2 heterocycles. The summed E-state index contributed by atoms with van der Waals surface area (Å²) in [7, 11) is 0. The predicted molar refractivity (Wildman–Crippen MR) is 69.8 cm³/mol. The van der Waals surface area contributed by atoms with Crippen molar-refractivity contribution in [3.63, 3.8) is 0 Å². The molecule has 0 spiro atoms. The van der Waals surface area contributed by atoms with E-state index >= 15 is 0 Å². The summed E-state index contributed by atoms with van der Waals surface area (Å²) >= 11 is 0. The highest BCUT2D eigenvalue weighted by Crippen LogP contribution is 2.36. The number of hydrogen-bond donors (Lipinski definition) is 0. The van der Waals surface area contributed by atoms with Gasteiger partial charge in [0.05, 0.1) is 6.26 Å². The van der Waals surface area contributed by atoms with Gasteiger partial charge in [0, 0.05) is 18.7 Å². The maximum Gasteiger partial charge on any atom is 0.246 e. The van der Waals surface area contributed by atoms with Gasteiger partial charge >= 0.3 is 0 Å². The summed E-state index contributed by atoms with van der Waals surface area (Å²) in [4.78, 5) is 14.3. The number of nitrogens with zero attached hydrogens (tertiary/aromatic N) is 1. The predicted octanol–water partition coefficient (Wildman–Crippen LogP) is 3.08. The van der Waals surface area contributed by atoms with Crippen LogP contribution in [-0.4, -0.2) is 23.4 Å². The monoisotopic (exact) mass is 245 g/mol. The smallest absolute Gasteiger partial charge is 0.246 e. The van der Waals surface area contributed by atoms with Gasteiger partial charge in [-0.3, -0.25) is 4.79 Å². The first-order chi connectivity index (χ1) is 8.84. The molecule has 1 saturated carbocycles. The zero-order valence-electron chi connectivity index (χ0n) is 10.5. The average Bonchev–Trinajstić information content (AvgIpc) is 3.05. The number of carbonyl (C=O) groups is 1. The summed E-state index contributed by atoms with van der Waals surface area (Å²) in [5.74, 6) is 1.63. The van der Waals surface area contributed by atoms with Crippen molar-refractivity contribution < 1.29 is 9.21 Å². The fourth-order valence-corrected chi connectivity index (χ4v) is 3.31. The van der Waals surface area contributed by atoms with Gasteiger partial charge < -0.3 is 9.32 Å². The van der Waals surface area contributed by atoms with Crippen molar-refractivity contribution in [3.8, 4) is 0 Å². The Balaban J connectivity index is 1.66. The number of furan rings is 1. The molecule has 3 heteroatoms. The van der Waals surface area contributed by atoms with Crippen molar-refractivity contribution in [2.24, 2.45) is 5.92 Å². The molecule has 2 unspecified atom stereocenters. The topological polar surface area (TPSA) is 33.5 Å². The lowest BCUT2D eigenvalue weighted by Gasteiger charge is -2.31. The maximum absolute atomic E-state index is 12.2. The molecule has 2 aliphatic rings. The fourth-order valence-electron chi connectivity index (χ4n) is 3.31. The van der Waals surface area contributed by atoms with Crippen LogP contribution in [0.25, 0.3) is 6.08 Å². The Kier molecular flexibility index (Phi) is 3.22. The third kappa shape index (κ3) is 2.22. The van der Waals surface area contributed by atoms with Crippen LogP contribution in [-0.2, 0) is 4.79 Å². The van der Waals surface area contributed by atoms with Crippen LogP contribution in [0, 0.1) is 5.92 Å². The Labute approximate surface area is 107 Å². The summed E-state index contributed by atoms with van der Waals surface area (Å²) in [5.41, 5.74) is 0. The van der Waals surface area contributed by atoms with E-state index < -0.39 is 0 Å². The van der Waals surface area contributed by atoms with Gasteiger partial charge in [0.15, 0.2) is 0 Å². The number of hydrogen-bond acceptors (Lipinski definition) is 2. The average molecular weight is 245 g/mol. The van der Waals surface area contributed by atoms with E-state index in [-0.39, 0.29) is 5.91 Å². The first-order valence-corrected chi connectivity index (χ1v) is 6.87. The Hall–Kier alpha value is -1.51. The molecule has 0 radical (unpaired) electrons. The largest absolute Gasteiger partial charge is 0.465 e. The normalized spacial score (nSPS) is 27.7. The molecule has 1 aliphatic carbocycles. The molecule has 1 aliphatic heterocycles. The van der Waals surface area contributed by atoms with Crippen molar-refractivity contribution in [2.45, 2.75) is 38.1 Å². The minimum Gasteiger partial charge on any atom is -0.465 e. The van der Waals surface area contributed by atoms with Gasteiger partial charge in [-0.1, -0.05) is 12.8 Å². The number of amides is 1. The van der Waals surface area contributed by atoms with Gasteiger partial charge in [0.25, 0.3) is 0 Å². The molecule has 3 rings (SSSR count). The molecule has 2 fully saturated rings. The van der Waals surface area contributed by atoms with Gasteiger partial charge in [-0.25, -0.2) is 0 Å².